The molecule has 5 nitrogen and oxygen atoms in total. The SMILES string of the molecule is CCC(N)c1nc(C2CCCO2)no1. The summed E-state index contributed by atoms with van der Waals surface area (Å²) in [6, 6.07) is -0.155. The number of hydrogen-bond acceptors (Lipinski definition) is 5. The van der Waals surface area contributed by atoms with Crippen molar-refractivity contribution in [3.63, 3.8) is 0 Å². The predicted octanol–water partition coefficient (Wildman–Crippen LogP) is 1.33. The summed E-state index contributed by atoms with van der Waals surface area (Å²) >= 11 is 0. The largest absolute Gasteiger partial charge is 0.370 e. The number of aromatic nitrogens is 2. The Morgan fingerprint density at radius 2 is 2.50 bits per heavy atom. The molecule has 0 spiro atoms. The molecule has 0 radical (unpaired) electrons. The summed E-state index contributed by atoms with van der Waals surface area (Å²) in [6.07, 6.45) is 2.85. The Morgan fingerprint density at radius 1 is 1.64 bits per heavy atom. The van der Waals surface area contributed by atoms with Crippen LogP contribution in [0, 0.1) is 0 Å². The van der Waals surface area contributed by atoms with Crippen LogP contribution < -0.4 is 5.73 Å². The zero-order valence-corrected chi connectivity index (χ0v) is 8.27. The van der Waals surface area contributed by atoms with Gasteiger partial charge in [-0.15, -0.1) is 0 Å². The molecule has 0 amide bonds. The van der Waals surface area contributed by atoms with E-state index in [0.29, 0.717) is 11.7 Å². The standard InChI is InChI=1S/C9H15N3O2/c1-2-6(10)9-11-8(12-14-9)7-4-3-5-13-7/h6-7H,2-5,10H2,1H3. The maximum atomic E-state index is 5.77. The highest BCUT2D eigenvalue weighted by Crippen LogP contribution is 2.26. The molecule has 1 saturated heterocycles. The van der Waals surface area contributed by atoms with Crippen molar-refractivity contribution in [1.29, 1.82) is 0 Å². The van der Waals surface area contributed by atoms with Crippen LogP contribution in [0.4, 0.5) is 0 Å². The average Bonchev–Trinajstić information content (AvgIpc) is 2.86. The van der Waals surface area contributed by atoms with E-state index >= 15 is 0 Å². The summed E-state index contributed by atoms with van der Waals surface area (Å²) in [5.41, 5.74) is 5.77. The molecular formula is C9H15N3O2. The van der Waals surface area contributed by atoms with Gasteiger partial charge in [-0.05, 0) is 19.3 Å². The van der Waals surface area contributed by atoms with E-state index in [4.69, 9.17) is 15.0 Å². The topological polar surface area (TPSA) is 74.2 Å². The van der Waals surface area contributed by atoms with Gasteiger partial charge in [-0.25, -0.2) is 0 Å². The fourth-order valence-electron chi connectivity index (χ4n) is 1.48. The summed E-state index contributed by atoms with van der Waals surface area (Å²) < 4.78 is 10.5. The minimum Gasteiger partial charge on any atom is -0.370 e. The Balaban J connectivity index is 2.08. The molecule has 2 heterocycles. The molecule has 1 aliphatic heterocycles. The second-order valence-corrected chi connectivity index (χ2v) is 3.51. The Hall–Kier alpha value is -0.940. The Morgan fingerprint density at radius 3 is 3.14 bits per heavy atom. The van der Waals surface area contributed by atoms with Crippen molar-refractivity contribution in [2.24, 2.45) is 5.73 Å². The van der Waals surface area contributed by atoms with Crippen LogP contribution in [0.1, 0.15) is 50.0 Å². The van der Waals surface area contributed by atoms with E-state index in [0.717, 1.165) is 25.9 Å². The summed E-state index contributed by atoms with van der Waals surface area (Å²) in [5.74, 6) is 1.15. The molecule has 2 N–H and O–H groups in total. The second-order valence-electron chi connectivity index (χ2n) is 3.51. The first-order valence-electron chi connectivity index (χ1n) is 5.02. The van der Waals surface area contributed by atoms with Gasteiger partial charge in [0.15, 0.2) is 0 Å². The van der Waals surface area contributed by atoms with Crippen LogP contribution in [0.15, 0.2) is 4.52 Å². The fourth-order valence-corrected chi connectivity index (χ4v) is 1.48. The Kier molecular flexibility index (Phi) is 2.79. The molecular weight excluding hydrogens is 182 g/mol. The lowest BCUT2D eigenvalue weighted by molar-refractivity contribution is 0.103. The van der Waals surface area contributed by atoms with Crippen molar-refractivity contribution >= 4 is 0 Å². The number of nitrogens with two attached hydrogens (primary N) is 1. The van der Waals surface area contributed by atoms with Gasteiger partial charge in [0.1, 0.15) is 6.10 Å². The van der Waals surface area contributed by atoms with Crippen molar-refractivity contribution in [2.75, 3.05) is 6.61 Å². The molecule has 14 heavy (non-hydrogen) atoms. The molecule has 1 aromatic heterocycles. The lowest BCUT2D eigenvalue weighted by Crippen LogP contribution is -2.09. The van der Waals surface area contributed by atoms with E-state index in [1.54, 1.807) is 0 Å². The monoisotopic (exact) mass is 197 g/mol. The average molecular weight is 197 g/mol. The Labute approximate surface area is 82.6 Å². The van der Waals surface area contributed by atoms with Crippen molar-refractivity contribution in [3.8, 4) is 0 Å². The van der Waals surface area contributed by atoms with Crippen molar-refractivity contribution in [1.82, 2.24) is 10.1 Å². The lowest BCUT2D eigenvalue weighted by Gasteiger charge is -2.02. The maximum absolute atomic E-state index is 5.77. The van der Waals surface area contributed by atoms with Crippen molar-refractivity contribution in [2.45, 2.75) is 38.3 Å². The van der Waals surface area contributed by atoms with Gasteiger partial charge < -0.3 is 15.0 Å². The van der Waals surface area contributed by atoms with Crippen LogP contribution in [-0.2, 0) is 4.74 Å². The van der Waals surface area contributed by atoms with Gasteiger partial charge in [-0.2, -0.15) is 4.98 Å². The predicted molar refractivity (Wildman–Crippen MR) is 49.4 cm³/mol. The summed E-state index contributed by atoms with van der Waals surface area (Å²) in [7, 11) is 0. The highest BCUT2D eigenvalue weighted by molar-refractivity contribution is 4.95. The third-order valence-corrected chi connectivity index (χ3v) is 2.43. The molecule has 1 fully saturated rings. The zero-order chi connectivity index (χ0) is 9.97. The molecule has 5 heteroatoms. The highest BCUT2D eigenvalue weighted by atomic mass is 16.5. The number of ether oxygens (including phenoxy) is 1. The van der Waals surface area contributed by atoms with Crippen molar-refractivity contribution in [3.05, 3.63) is 11.7 Å². The third kappa shape index (κ3) is 1.78. The molecule has 0 aromatic carbocycles. The molecule has 0 bridgehead atoms. The second kappa shape index (κ2) is 4.06. The van der Waals surface area contributed by atoms with Gasteiger partial charge in [0.05, 0.1) is 6.04 Å². The molecule has 78 valence electrons. The van der Waals surface area contributed by atoms with Gasteiger partial charge in [0.2, 0.25) is 11.7 Å². The molecule has 2 unspecified atom stereocenters. The van der Waals surface area contributed by atoms with E-state index in [9.17, 15) is 0 Å². The van der Waals surface area contributed by atoms with Gasteiger partial charge in [-0.1, -0.05) is 12.1 Å². The molecule has 1 aliphatic rings. The minimum absolute atomic E-state index is 0.0107. The first kappa shape index (κ1) is 9.61. The summed E-state index contributed by atoms with van der Waals surface area (Å²) in [6.45, 7) is 2.77. The van der Waals surface area contributed by atoms with E-state index in [-0.39, 0.29) is 12.1 Å². The number of rotatable bonds is 3. The quantitative estimate of drug-likeness (QED) is 0.791. The van der Waals surface area contributed by atoms with Crippen molar-refractivity contribution < 1.29 is 9.26 Å². The first-order valence-corrected chi connectivity index (χ1v) is 5.02. The van der Waals surface area contributed by atoms with E-state index in [2.05, 4.69) is 10.1 Å². The molecule has 0 aliphatic carbocycles. The van der Waals surface area contributed by atoms with E-state index < -0.39 is 0 Å². The summed E-state index contributed by atoms with van der Waals surface area (Å²) in [5, 5.41) is 3.88. The van der Waals surface area contributed by atoms with Crippen LogP contribution in [-0.4, -0.2) is 16.7 Å². The highest BCUT2D eigenvalue weighted by Gasteiger charge is 2.24. The lowest BCUT2D eigenvalue weighted by atomic mass is 10.2. The normalized spacial score (nSPS) is 24.0. The minimum atomic E-state index is -0.155. The Bertz CT molecular complexity index is 294. The third-order valence-electron chi connectivity index (χ3n) is 2.43. The van der Waals surface area contributed by atoms with Crippen LogP contribution in [0.3, 0.4) is 0 Å². The van der Waals surface area contributed by atoms with Crippen LogP contribution in [0.25, 0.3) is 0 Å². The van der Waals surface area contributed by atoms with Gasteiger partial charge >= 0.3 is 0 Å². The first-order chi connectivity index (χ1) is 6.81. The van der Waals surface area contributed by atoms with E-state index in [1.807, 2.05) is 6.92 Å². The van der Waals surface area contributed by atoms with Gasteiger partial charge in [0.25, 0.3) is 0 Å². The smallest absolute Gasteiger partial charge is 0.243 e. The van der Waals surface area contributed by atoms with E-state index in [1.165, 1.54) is 0 Å². The van der Waals surface area contributed by atoms with Gasteiger partial charge in [-0.3, -0.25) is 0 Å². The molecule has 0 saturated carbocycles. The van der Waals surface area contributed by atoms with Gasteiger partial charge in [0, 0.05) is 6.61 Å². The molecule has 2 atom stereocenters. The zero-order valence-electron chi connectivity index (χ0n) is 8.27. The molecule has 2 rings (SSSR count). The maximum Gasteiger partial charge on any atom is 0.243 e. The molecule has 1 aromatic rings. The summed E-state index contributed by atoms with van der Waals surface area (Å²) in [4.78, 5) is 4.24. The van der Waals surface area contributed by atoms with Crippen LogP contribution >= 0.6 is 0 Å². The fraction of sp³-hybridized carbons (Fsp3) is 0.778. The van der Waals surface area contributed by atoms with Crippen LogP contribution in [0.2, 0.25) is 0 Å². The number of hydrogen-bond donors (Lipinski definition) is 1. The van der Waals surface area contributed by atoms with Crippen LogP contribution in [0.5, 0.6) is 0 Å². The number of nitrogens with zero attached hydrogens (tertiary/aromatic N) is 2.